The summed E-state index contributed by atoms with van der Waals surface area (Å²) in [7, 11) is 1.50. The Morgan fingerprint density at radius 3 is 2.78 bits per heavy atom. The van der Waals surface area contributed by atoms with Crippen molar-refractivity contribution in [3.05, 3.63) is 46.9 Å². The predicted octanol–water partition coefficient (Wildman–Crippen LogP) is 4.53. The Balaban J connectivity index is 2.28. The summed E-state index contributed by atoms with van der Waals surface area (Å²) in [6.45, 7) is 5.08. The lowest BCUT2D eigenvalue weighted by atomic mass is 10.1. The Hall–Kier alpha value is -2.65. The molecular formula is C20H23ClN2O4. The van der Waals surface area contributed by atoms with Crippen LogP contribution in [0.25, 0.3) is 0 Å². The van der Waals surface area contributed by atoms with Gasteiger partial charge in [0.05, 0.1) is 44.0 Å². The second-order valence-electron chi connectivity index (χ2n) is 6.41. The van der Waals surface area contributed by atoms with E-state index in [2.05, 4.69) is 6.07 Å². The van der Waals surface area contributed by atoms with Crippen molar-refractivity contribution in [2.45, 2.75) is 26.8 Å². The third-order valence-electron chi connectivity index (χ3n) is 3.74. The fourth-order valence-corrected chi connectivity index (χ4v) is 2.71. The van der Waals surface area contributed by atoms with Gasteiger partial charge in [0.15, 0.2) is 11.5 Å². The number of hydrogen-bond acceptors (Lipinski definition) is 5. The van der Waals surface area contributed by atoms with Crippen molar-refractivity contribution in [2.75, 3.05) is 20.3 Å². The SMILES string of the molecule is COc1cc(C(=O)N(CCC#N)Cc2ccco2)cc(Cl)c1OCC(C)C. The molecule has 1 aromatic carbocycles. The van der Waals surface area contributed by atoms with E-state index >= 15 is 0 Å². The molecule has 2 aromatic rings. The first-order chi connectivity index (χ1) is 13.0. The molecular weight excluding hydrogens is 368 g/mol. The molecule has 0 aliphatic carbocycles. The summed E-state index contributed by atoms with van der Waals surface area (Å²) in [4.78, 5) is 14.5. The molecule has 0 N–H and O–H groups in total. The zero-order valence-corrected chi connectivity index (χ0v) is 16.5. The van der Waals surface area contributed by atoms with Gasteiger partial charge in [-0.2, -0.15) is 5.26 Å². The number of amides is 1. The molecule has 0 aliphatic rings. The van der Waals surface area contributed by atoms with E-state index in [4.69, 9.17) is 30.8 Å². The second-order valence-corrected chi connectivity index (χ2v) is 6.82. The second kappa shape index (κ2) is 9.89. The highest BCUT2D eigenvalue weighted by atomic mass is 35.5. The topological polar surface area (TPSA) is 75.7 Å². The van der Waals surface area contributed by atoms with E-state index in [1.165, 1.54) is 7.11 Å². The molecule has 1 amide bonds. The molecule has 0 spiro atoms. The highest BCUT2D eigenvalue weighted by molar-refractivity contribution is 6.32. The first kappa shape index (κ1) is 20.7. The lowest BCUT2D eigenvalue weighted by Gasteiger charge is -2.22. The molecule has 0 saturated carbocycles. The number of benzene rings is 1. The maximum absolute atomic E-state index is 13.0. The van der Waals surface area contributed by atoms with Crippen molar-refractivity contribution in [1.29, 1.82) is 5.26 Å². The van der Waals surface area contributed by atoms with Gasteiger partial charge < -0.3 is 18.8 Å². The van der Waals surface area contributed by atoms with Gasteiger partial charge >= 0.3 is 0 Å². The van der Waals surface area contributed by atoms with Crippen molar-refractivity contribution in [2.24, 2.45) is 5.92 Å². The number of halogens is 1. The van der Waals surface area contributed by atoms with Crippen LogP contribution in [0.4, 0.5) is 0 Å². The predicted molar refractivity (Wildman–Crippen MR) is 102 cm³/mol. The zero-order valence-electron chi connectivity index (χ0n) is 15.7. The number of carbonyl (C=O) groups is 1. The van der Waals surface area contributed by atoms with Crippen molar-refractivity contribution in [1.82, 2.24) is 4.90 Å². The maximum Gasteiger partial charge on any atom is 0.254 e. The Morgan fingerprint density at radius 2 is 2.19 bits per heavy atom. The van der Waals surface area contributed by atoms with Crippen LogP contribution in [0.2, 0.25) is 5.02 Å². The molecule has 144 valence electrons. The molecule has 0 radical (unpaired) electrons. The number of rotatable bonds is 9. The number of carbonyl (C=O) groups excluding carboxylic acids is 1. The molecule has 0 bridgehead atoms. The van der Waals surface area contributed by atoms with E-state index in [0.717, 1.165) is 0 Å². The molecule has 6 nitrogen and oxygen atoms in total. The van der Waals surface area contributed by atoms with Crippen LogP contribution in [0.3, 0.4) is 0 Å². The third kappa shape index (κ3) is 5.66. The summed E-state index contributed by atoms with van der Waals surface area (Å²) in [6.07, 6.45) is 1.76. The summed E-state index contributed by atoms with van der Waals surface area (Å²) < 4.78 is 16.4. The minimum absolute atomic E-state index is 0.215. The molecule has 0 aliphatic heterocycles. The van der Waals surface area contributed by atoms with Crippen LogP contribution in [0.1, 0.15) is 36.4 Å². The number of nitrogens with zero attached hydrogens (tertiary/aromatic N) is 2. The van der Waals surface area contributed by atoms with Gasteiger partial charge in [-0.25, -0.2) is 0 Å². The lowest BCUT2D eigenvalue weighted by Crippen LogP contribution is -2.31. The van der Waals surface area contributed by atoms with Gasteiger partial charge in [0.2, 0.25) is 0 Å². The summed E-state index contributed by atoms with van der Waals surface area (Å²) >= 11 is 6.35. The minimum atomic E-state index is -0.266. The highest BCUT2D eigenvalue weighted by Gasteiger charge is 2.21. The van der Waals surface area contributed by atoms with Crippen LogP contribution < -0.4 is 9.47 Å². The summed E-state index contributed by atoms with van der Waals surface area (Å²) in [5.74, 6) is 1.50. The van der Waals surface area contributed by atoms with Gasteiger partial charge in [0, 0.05) is 12.1 Å². The Bertz CT molecular complexity index is 797. The quantitative estimate of drug-likeness (QED) is 0.628. The van der Waals surface area contributed by atoms with Crippen LogP contribution in [0.5, 0.6) is 11.5 Å². The number of nitriles is 1. The number of ether oxygens (including phenoxy) is 2. The van der Waals surface area contributed by atoms with E-state index in [-0.39, 0.29) is 25.4 Å². The molecule has 0 atom stereocenters. The van der Waals surface area contributed by atoms with Crippen LogP contribution in [0.15, 0.2) is 34.9 Å². The van der Waals surface area contributed by atoms with Gasteiger partial charge in [-0.1, -0.05) is 25.4 Å². The van der Waals surface area contributed by atoms with Gasteiger partial charge in [-0.15, -0.1) is 0 Å². The van der Waals surface area contributed by atoms with E-state index in [1.807, 2.05) is 13.8 Å². The first-order valence-corrected chi connectivity index (χ1v) is 9.03. The average molecular weight is 391 g/mol. The van der Waals surface area contributed by atoms with Gasteiger partial charge in [0.25, 0.3) is 5.91 Å². The number of hydrogen-bond donors (Lipinski definition) is 0. The number of furan rings is 1. The standard InChI is InChI=1S/C20H23ClN2O4/c1-14(2)13-27-19-17(21)10-15(11-18(19)25-3)20(24)23(8-5-7-22)12-16-6-4-9-26-16/h4,6,9-11,14H,5,8,12-13H2,1-3H3. The molecule has 0 saturated heterocycles. The smallest absolute Gasteiger partial charge is 0.254 e. The Labute approximate surface area is 164 Å². The van der Waals surface area contributed by atoms with Gasteiger partial charge in [0.1, 0.15) is 5.76 Å². The Kier molecular flexibility index (Phi) is 7.56. The highest BCUT2D eigenvalue weighted by Crippen LogP contribution is 2.37. The molecule has 1 aromatic heterocycles. The molecule has 27 heavy (non-hydrogen) atoms. The molecule has 0 unspecified atom stereocenters. The van der Waals surface area contributed by atoms with Crippen LogP contribution in [0, 0.1) is 17.2 Å². The van der Waals surface area contributed by atoms with E-state index in [1.54, 1.807) is 35.4 Å². The van der Waals surface area contributed by atoms with Crippen LogP contribution >= 0.6 is 11.6 Å². The maximum atomic E-state index is 13.0. The lowest BCUT2D eigenvalue weighted by molar-refractivity contribution is 0.0735. The normalized spacial score (nSPS) is 10.5. The van der Waals surface area contributed by atoms with Crippen molar-refractivity contribution in [3.8, 4) is 17.6 Å². The van der Waals surface area contributed by atoms with E-state index in [0.29, 0.717) is 40.4 Å². The average Bonchev–Trinajstić information content (AvgIpc) is 3.15. The van der Waals surface area contributed by atoms with Crippen molar-refractivity contribution in [3.63, 3.8) is 0 Å². The van der Waals surface area contributed by atoms with Gasteiger partial charge in [-0.05, 0) is 30.2 Å². The Morgan fingerprint density at radius 1 is 1.41 bits per heavy atom. The fraction of sp³-hybridized carbons (Fsp3) is 0.400. The van der Waals surface area contributed by atoms with E-state index in [9.17, 15) is 4.79 Å². The zero-order chi connectivity index (χ0) is 19.8. The van der Waals surface area contributed by atoms with Crippen LogP contribution in [-0.4, -0.2) is 31.1 Å². The molecule has 0 fully saturated rings. The largest absolute Gasteiger partial charge is 0.493 e. The fourth-order valence-electron chi connectivity index (χ4n) is 2.44. The van der Waals surface area contributed by atoms with Crippen molar-refractivity contribution < 1.29 is 18.7 Å². The summed E-state index contributed by atoms with van der Waals surface area (Å²) in [6, 6.07) is 8.75. The minimum Gasteiger partial charge on any atom is -0.493 e. The monoisotopic (exact) mass is 390 g/mol. The van der Waals surface area contributed by atoms with Crippen molar-refractivity contribution >= 4 is 17.5 Å². The summed E-state index contributed by atoms with van der Waals surface area (Å²) in [5, 5.41) is 9.19. The van der Waals surface area contributed by atoms with E-state index < -0.39 is 0 Å². The van der Waals surface area contributed by atoms with Gasteiger partial charge in [-0.3, -0.25) is 4.79 Å². The molecule has 1 heterocycles. The molecule has 2 rings (SSSR count). The third-order valence-corrected chi connectivity index (χ3v) is 4.03. The first-order valence-electron chi connectivity index (χ1n) is 8.65. The molecule has 7 heteroatoms. The van der Waals surface area contributed by atoms with Crippen LogP contribution in [-0.2, 0) is 6.54 Å². The summed E-state index contributed by atoms with van der Waals surface area (Å²) in [5.41, 5.74) is 0.359. The number of methoxy groups -OCH3 is 1.